The highest BCUT2D eigenvalue weighted by atomic mass is 28.3. The van der Waals surface area contributed by atoms with Gasteiger partial charge in [0.15, 0.2) is 0 Å². The van der Waals surface area contributed by atoms with Crippen molar-refractivity contribution in [3.63, 3.8) is 0 Å². The van der Waals surface area contributed by atoms with Gasteiger partial charge in [-0.25, -0.2) is 0 Å². The van der Waals surface area contributed by atoms with Crippen molar-refractivity contribution >= 4 is 8.07 Å². The summed E-state index contributed by atoms with van der Waals surface area (Å²) >= 11 is 0. The molecule has 0 bridgehead atoms. The molecule has 0 fully saturated rings. The van der Waals surface area contributed by atoms with Crippen LogP contribution in [0.3, 0.4) is 0 Å². The number of benzene rings is 1. The molecule has 0 amide bonds. The molecule has 0 radical (unpaired) electrons. The van der Waals surface area contributed by atoms with E-state index in [1.807, 2.05) is 24.3 Å². The Morgan fingerprint density at radius 2 is 1.68 bits per heavy atom. The second-order valence-electron chi connectivity index (χ2n) is 5.98. The van der Waals surface area contributed by atoms with Crippen LogP contribution in [0.2, 0.25) is 19.6 Å². The average Bonchev–Trinajstić information content (AvgIpc) is 2.32. The van der Waals surface area contributed by atoms with E-state index in [0.29, 0.717) is 5.92 Å². The van der Waals surface area contributed by atoms with Gasteiger partial charge in [0.1, 0.15) is 13.8 Å². The molecule has 1 aromatic carbocycles. The van der Waals surface area contributed by atoms with Gasteiger partial charge < -0.3 is 4.74 Å². The summed E-state index contributed by atoms with van der Waals surface area (Å²) in [6.45, 7) is 11.6. The third kappa shape index (κ3) is 7.39. The van der Waals surface area contributed by atoms with Crippen LogP contribution in [0.15, 0.2) is 24.3 Å². The minimum atomic E-state index is -1.31. The summed E-state index contributed by atoms with van der Waals surface area (Å²) in [6, 6.07) is 7.86. The van der Waals surface area contributed by atoms with Gasteiger partial charge in [-0.2, -0.15) is 0 Å². The van der Waals surface area contributed by atoms with Crippen molar-refractivity contribution in [1.82, 2.24) is 0 Å². The Balaban J connectivity index is 2.62. The largest absolute Gasteiger partial charge is 0.493 e. The number of hydrogen-bond donors (Lipinski definition) is 0. The zero-order valence-electron chi connectivity index (χ0n) is 12.5. The minimum absolute atomic E-state index is 0.538. The van der Waals surface area contributed by atoms with Crippen molar-refractivity contribution in [3.05, 3.63) is 29.8 Å². The standard InChI is InChI=1S/C17H22OSi/c1-15(2)14-18-17-11-9-16(10-12-17)8-6-7-13-19(3,4)5/h9-12,15H,14H2,1-5H3. The van der Waals surface area contributed by atoms with Crippen LogP contribution in [-0.2, 0) is 0 Å². The van der Waals surface area contributed by atoms with E-state index in [9.17, 15) is 0 Å². The maximum atomic E-state index is 5.62. The van der Waals surface area contributed by atoms with Gasteiger partial charge in [0, 0.05) is 5.56 Å². The summed E-state index contributed by atoms with van der Waals surface area (Å²) in [6.07, 6.45) is 0. The summed E-state index contributed by atoms with van der Waals surface area (Å²) in [7, 11) is -1.31. The molecule has 0 aliphatic rings. The van der Waals surface area contributed by atoms with Gasteiger partial charge in [-0.05, 0) is 42.0 Å². The lowest BCUT2D eigenvalue weighted by Gasteiger charge is -2.07. The summed E-state index contributed by atoms with van der Waals surface area (Å²) in [5.41, 5.74) is 4.20. The van der Waals surface area contributed by atoms with Crippen LogP contribution in [0.4, 0.5) is 0 Å². The van der Waals surface area contributed by atoms with Crippen LogP contribution in [0, 0.1) is 29.2 Å². The van der Waals surface area contributed by atoms with Gasteiger partial charge >= 0.3 is 0 Å². The lowest BCUT2D eigenvalue weighted by atomic mass is 10.2. The first-order valence-corrected chi connectivity index (χ1v) is 10.1. The molecule has 100 valence electrons. The fourth-order valence-corrected chi connectivity index (χ4v) is 1.66. The molecule has 0 heterocycles. The minimum Gasteiger partial charge on any atom is -0.493 e. The summed E-state index contributed by atoms with van der Waals surface area (Å²) < 4.78 is 5.62. The first-order chi connectivity index (χ1) is 8.87. The zero-order valence-corrected chi connectivity index (χ0v) is 13.5. The molecule has 19 heavy (non-hydrogen) atoms. The Labute approximate surface area is 118 Å². The molecule has 0 atom stereocenters. The van der Waals surface area contributed by atoms with Crippen LogP contribution in [0.25, 0.3) is 0 Å². The molecule has 0 aliphatic carbocycles. The van der Waals surface area contributed by atoms with E-state index in [0.717, 1.165) is 17.9 Å². The maximum Gasteiger partial charge on any atom is 0.130 e. The van der Waals surface area contributed by atoms with Gasteiger partial charge in [0.25, 0.3) is 0 Å². The van der Waals surface area contributed by atoms with Gasteiger partial charge in [0.2, 0.25) is 0 Å². The van der Waals surface area contributed by atoms with E-state index < -0.39 is 8.07 Å². The van der Waals surface area contributed by atoms with Crippen molar-refractivity contribution in [1.29, 1.82) is 0 Å². The van der Waals surface area contributed by atoms with Gasteiger partial charge in [-0.15, -0.1) is 5.54 Å². The fourth-order valence-electron chi connectivity index (χ4n) is 1.22. The molecule has 0 saturated carbocycles. The molecule has 1 aromatic rings. The predicted molar refractivity (Wildman–Crippen MR) is 84.8 cm³/mol. The summed E-state index contributed by atoms with van der Waals surface area (Å²) in [4.78, 5) is 0. The molecule has 0 saturated heterocycles. The molecule has 2 heteroatoms. The molecule has 0 spiro atoms. The Morgan fingerprint density at radius 1 is 1.05 bits per heavy atom. The highest BCUT2D eigenvalue weighted by molar-refractivity contribution is 6.83. The van der Waals surface area contributed by atoms with Gasteiger partial charge in [-0.1, -0.05) is 39.4 Å². The third-order valence-electron chi connectivity index (χ3n) is 2.14. The van der Waals surface area contributed by atoms with Crippen LogP contribution >= 0.6 is 0 Å². The highest BCUT2D eigenvalue weighted by Crippen LogP contribution is 2.12. The molecular formula is C17H22OSi. The smallest absolute Gasteiger partial charge is 0.130 e. The van der Waals surface area contributed by atoms with E-state index in [1.54, 1.807) is 0 Å². The lowest BCUT2D eigenvalue weighted by Crippen LogP contribution is -2.16. The Kier molecular flexibility index (Phi) is 5.74. The van der Waals surface area contributed by atoms with E-state index in [-0.39, 0.29) is 0 Å². The van der Waals surface area contributed by atoms with Gasteiger partial charge in [0.05, 0.1) is 6.61 Å². The van der Waals surface area contributed by atoms with Crippen LogP contribution in [-0.4, -0.2) is 14.7 Å². The lowest BCUT2D eigenvalue weighted by molar-refractivity contribution is 0.271. The molecular weight excluding hydrogens is 248 g/mol. The summed E-state index contributed by atoms with van der Waals surface area (Å²) in [5, 5.41) is 0. The summed E-state index contributed by atoms with van der Waals surface area (Å²) in [5.74, 6) is 10.3. The van der Waals surface area contributed by atoms with E-state index >= 15 is 0 Å². The highest BCUT2D eigenvalue weighted by Gasteiger charge is 2.06. The number of hydrogen-bond acceptors (Lipinski definition) is 1. The number of ether oxygens (including phenoxy) is 1. The SMILES string of the molecule is CC(C)COc1ccc(C#CC#C[Si](C)(C)C)cc1. The first-order valence-electron chi connectivity index (χ1n) is 6.63. The van der Waals surface area contributed by atoms with E-state index in [2.05, 4.69) is 56.8 Å². The van der Waals surface area contributed by atoms with Crippen LogP contribution in [0.1, 0.15) is 19.4 Å². The average molecular weight is 270 g/mol. The van der Waals surface area contributed by atoms with Crippen LogP contribution < -0.4 is 4.74 Å². The van der Waals surface area contributed by atoms with Crippen molar-refractivity contribution in [2.75, 3.05) is 6.61 Å². The Hall–Kier alpha value is -1.64. The Bertz CT molecular complexity index is 513. The topological polar surface area (TPSA) is 9.23 Å². The number of rotatable bonds is 3. The maximum absolute atomic E-state index is 5.62. The normalized spacial score (nSPS) is 10.2. The third-order valence-corrected chi connectivity index (χ3v) is 3.02. The molecule has 0 aromatic heterocycles. The van der Waals surface area contributed by atoms with E-state index in [1.165, 1.54) is 0 Å². The Morgan fingerprint density at radius 3 is 2.21 bits per heavy atom. The predicted octanol–water partition coefficient (Wildman–Crippen LogP) is 3.95. The zero-order chi connectivity index (χ0) is 14.3. The molecule has 0 unspecified atom stereocenters. The van der Waals surface area contributed by atoms with Gasteiger partial charge in [-0.3, -0.25) is 0 Å². The monoisotopic (exact) mass is 270 g/mol. The first kappa shape index (κ1) is 15.4. The molecule has 0 aliphatic heterocycles. The van der Waals surface area contributed by atoms with E-state index in [4.69, 9.17) is 4.74 Å². The van der Waals surface area contributed by atoms with Crippen molar-refractivity contribution in [3.8, 4) is 29.1 Å². The van der Waals surface area contributed by atoms with Crippen molar-refractivity contribution in [2.24, 2.45) is 5.92 Å². The molecule has 0 N–H and O–H groups in total. The second kappa shape index (κ2) is 7.07. The second-order valence-corrected chi connectivity index (χ2v) is 10.7. The molecule has 1 nitrogen and oxygen atoms in total. The van der Waals surface area contributed by atoms with Crippen molar-refractivity contribution in [2.45, 2.75) is 33.5 Å². The molecule has 1 rings (SSSR count). The van der Waals surface area contributed by atoms with Crippen molar-refractivity contribution < 1.29 is 4.74 Å². The fraction of sp³-hybridized carbons (Fsp3) is 0.412. The quantitative estimate of drug-likeness (QED) is 0.597. The van der Waals surface area contributed by atoms with Crippen LogP contribution in [0.5, 0.6) is 5.75 Å².